The molecule has 0 spiro atoms. The number of hydrogen-bond donors (Lipinski definition) is 3. The van der Waals surface area contributed by atoms with Crippen molar-refractivity contribution in [2.45, 2.75) is 31.8 Å². The standard InChI is InChI=1S/C14H20N2O3/c1-14(19)5-2-7-16(8-6-14)12-4-3-10(15)9-11(12)13(17)18/h3-4,9,19H,2,5-8,15H2,1H3,(H,17,18). The quantitative estimate of drug-likeness (QED) is 0.708. The van der Waals surface area contributed by atoms with E-state index in [1.807, 2.05) is 11.8 Å². The summed E-state index contributed by atoms with van der Waals surface area (Å²) in [4.78, 5) is 13.3. The minimum atomic E-state index is -0.974. The minimum absolute atomic E-state index is 0.224. The molecule has 1 saturated heterocycles. The SMILES string of the molecule is CC1(O)CCCN(c2ccc(N)cc2C(=O)O)CC1. The number of benzene rings is 1. The van der Waals surface area contributed by atoms with Gasteiger partial charge in [0, 0.05) is 18.8 Å². The number of anilines is 2. The number of nitrogens with zero attached hydrogens (tertiary/aromatic N) is 1. The summed E-state index contributed by atoms with van der Waals surface area (Å²) in [5, 5.41) is 19.3. The second kappa shape index (κ2) is 5.09. The first-order chi connectivity index (χ1) is 8.89. The first-order valence-electron chi connectivity index (χ1n) is 6.49. The third-order valence-corrected chi connectivity index (χ3v) is 3.66. The lowest BCUT2D eigenvalue weighted by molar-refractivity contribution is 0.0481. The number of carboxylic acid groups (broad SMARTS) is 1. The van der Waals surface area contributed by atoms with E-state index in [2.05, 4.69) is 0 Å². The van der Waals surface area contributed by atoms with Crippen molar-refractivity contribution in [3.8, 4) is 0 Å². The van der Waals surface area contributed by atoms with Gasteiger partial charge in [-0.05, 0) is 44.4 Å². The molecule has 5 nitrogen and oxygen atoms in total. The van der Waals surface area contributed by atoms with Crippen molar-refractivity contribution in [1.29, 1.82) is 0 Å². The van der Waals surface area contributed by atoms with Crippen LogP contribution in [0, 0.1) is 0 Å². The fourth-order valence-electron chi connectivity index (χ4n) is 2.50. The van der Waals surface area contributed by atoms with Crippen molar-refractivity contribution in [2.75, 3.05) is 23.7 Å². The first kappa shape index (κ1) is 13.7. The van der Waals surface area contributed by atoms with E-state index >= 15 is 0 Å². The van der Waals surface area contributed by atoms with Crippen LogP contribution in [0.4, 0.5) is 11.4 Å². The molecule has 1 aromatic rings. The average Bonchev–Trinajstić information content (AvgIpc) is 2.50. The summed E-state index contributed by atoms with van der Waals surface area (Å²) in [6.07, 6.45) is 2.22. The predicted octanol–water partition coefficient (Wildman–Crippen LogP) is 1.71. The normalized spacial score (nSPS) is 24.0. The molecule has 1 atom stereocenters. The van der Waals surface area contributed by atoms with Crippen LogP contribution < -0.4 is 10.6 Å². The van der Waals surface area contributed by atoms with Gasteiger partial charge in [0.1, 0.15) is 0 Å². The molecular weight excluding hydrogens is 244 g/mol. The molecule has 2 rings (SSSR count). The molecule has 1 heterocycles. The third-order valence-electron chi connectivity index (χ3n) is 3.66. The number of carbonyl (C=O) groups is 1. The van der Waals surface area contributed by atoms with E-state index in [9.17, 15) is 15.0 Å². The molecule has 5 heteroatoms. The number of aliphatic hydroxyl groups is 1. The van der Waals surface area contributed by atoms with Gasteiger partial charge in [-0.15, -0.1) is 0 Å². The summed E-state index contributed by atoms with van der Waals surface area (Å²) in [5.41, 5.74) is 6.34. The summed E-state index contributed by atoms with van der Waals surface area (Å²) in [6, 6.07) is 4.95. The molecule has 104 valence electrons. The lowest BCUT2D eigenvalue weighted by atomic mass is 9.98. The van der Waals surface area contributed by atoms with Gasteiger partial charge in [-0.2, -0.15) is 0 Å². The summed E-state index contributed by atoms with van der Waals surface area (Å²) in [6.45, 7) is 3.23. The van der Waals surface area contributed by atoms with Crippen molar-refractivity contribution in [1.82, 2.24) is 0 Å². The maximum Gasteiger partial charge on any atom is 0.337 e. The Hall–Kier alpha value is -1.75. The fraction of sp³-hybridized carbons (Fsp3) is 0.500. The zero-order valence-electron chi connectivity index (χ0n) is 11.1. The first-order valence-corrected chi connectivity index (χ1v) is 6.49. The van der Waals surface area contributed by atoms with Crippen LogP contribution in [0.15, 0.2) is 18.2 Å². The van der Waals surface area contributed by atoms with Gasteiger partial charge >= 0.3 is 5.97 Å². The topological polar surface area (TPSA) is 86.8 Å². The Morgan fingerprint density at radius 1 is 1.37 bits per heavy atom. The fourth-order valence-corrected chi connectivity index (χ4v) is 2.50. The van der Waals surface area contributed by atoms with Crippen molar-refractivity contribution in [2.24, 2.45) is 0 Å². The Kier molecular flexibility index (Phi) is 3.66. The van der Waals surface area contributed by atoms with E-state index in [4.69, 9.17) is 5.73 Å². The van der Waals surface area contributed by atoms with Crippen LogP contribution in [0.1, 0.15) is 36.5 Å². The van der Waals surface area contributed by atoms with E-state index < -0.39 is 11.6 Å². The number of nitrogens with two attached hydrogens (primary N) is 1. The summed E-state index contributed by atoms with van der Waals surface area (Å²) in [5.74, 6) is -0.974. The molecule has 1 aromatic carbocycles. The van der Waals surface area contributed by atoms with E-state index in [1.165, 1.54) is 6.07 Å². The number of hydrogen-bond acceptors (Lipinski definition) is 4. The molecule has 0 aliphatic carbocycles. The van der Waals surface area contributed by atoms with Gasteiger partial charge < -0.3 is 20.8 Å². The van der Waals surface area contributed by atoms with Gasteiger partial charge in [-0.25, -0.2) is 4.79 Å². The van der Waals surface area contributed by atoms with Crippen molar-refractivity contribution >= 4 is 17.3 Å². The maximum atomic E-state index is 11.3. The highest BCUT2D eigenvalue weighted by Gasteiger charge is 2.26. The molecule has 0 saturated carbocycles. The van der Waals surface area contributed by atoms with Gasteiger partial charge in [0.2, 0.25) is 0 Å². The zero-order chi connectivity index (χ0) is 14.0. The second-order valence-corrected chi connectivity index (χ2v) is 5.42. The molecule has 19 heavy (non-hydrogen) atoms. The summed E-state index contributed by atoms with van der Waals surface area (Å²) in [7, 11) is 0. The molecule has 1 aliphatic rings. The number of nitrogen functional groups attached to an aromatic ring is 1. The third kappa shape index (κ3) is 3.17. The second-order valence-electron chi connectivity index (χ2n) is 5.42. The molecule has 1 fully saturated rings. The van der Waals surface area contributed by atoms with E-state index in [0.717, 1.165) is 19.4 Å². The molecule has 0 radical (unpaired) electrons. The monoisotopic (exact) mass is 264 g/mol. The number of aromatic carboxylic acids is 1. The van der Waals surface area contributed by atoms with Gasteiger partial charge in [0.15, 0.2) is 0 Å². The van der Waals surface area contributed by atoms with Crippen molar-refractivity contribution in [3.05, 3.63) is 23.8 Å². The van der Waals surface area contributed by atoms with E-state index in [-0.39, 0.29) is 5.56 Å². The van der Waals surface area contributed by atoms with Crippen LogP contribution >= 0.6 is 0 Å². The van der Waals surface area contributed by atoms with E-state index in [0.29, 0.717) is 24.3 Å². The smallest absolute Gasteiger partial charge is 0.337 e. The molecule has 4 N–H and O–H groups in total. The maximum absolute atomic E-state index is 11.3. The molecule has 0 amide bonds. The van der Waals surface area contributed by atoms with Crippen LogP contribution in [0.3, 0.4) is 0 Å². The lowest BCUT2D eigenvalue weighted by Crippen LogP contribution is -2.29. The molecule has 0 aromatic heterocycles. The Morgan fingerprint density at radius 3 is 2.79 bits per heavy atom. The Labute approximate surface area is 112 Å². The molecule has 1 aliphatic heterocycles. The highest BCUT2D eigenvalue weighted by molar-refractivity contribution is 5.95. The van der Waals surface area contributed by atoms with Crippen LogP contribution in [0.2, 0.25) is 0 Å². The highest BCUT2D eigenvalue weighted by Crippen LogP contribution is 2.28. The van der Waals surface area contributed by atoms with Crippen LogP contribution in [0.25, 0.3) is 0 Å². The van der Waals surface area contributed by atoms with Gasteiger partial charge in [-0.1, -0.05) is 0 Å². The summed E-state index contributed by atoms with van der Waals surface area (Å²) < 4.78 is 0. The Morgan fingerprint density at radius 2 is 2.11 bits per heavy atom. The highest BCUT2D eigenvalue weighted by atomic mass is 16.4. The Bertz CT molecular complexity index is 486. The van der Waals surface area contributed by atoms with Gasteiger partial charge in [0.25, 0.3) is 0 Å². The van der Waals surface area contributed by atoms with Gasteiger partial charge in [0.05, 0.1) is 16.9 Å². The van der Waals surface area contributed by atoms with Crippen molar-refractivity contribution < 1.29 is 15.0 Å². The lowest BCUT2D eigenvalue weighted by Gasteiger charge is -2.25. The zero-order valence-corrected chi connectivity index (χ0v) is 11.1. The molecular formula is C14H20N2O3. The predicted molar refractivity (Wildman–Crippen MR) is 74.5 cm³/mol. The van der Waals surface area contributed by atoms with Crippen molar-refractivity contribution in [3.63, 3.8) is 0 Å². The number of rotatable bonds is 2. The average molecular weight is 264 g/mol. The van der Waals surface area contributed by atoms with Gasteiger partial charge in [-0.3, -0.25) is 0 Å². The van der Waals surface area contributed by atoms with E-state index in [1.54, 1.807) is 12.1 Å². The number of carboxylic acids is 1. The minimum Gasteiger partial charge on any atom is -0.478 e. The molecule has 1 unspecified atom stereocenters. The molecule has 0 bridgehead atoms. The summed E-state index contributed by atoms with van der Waals surface area (Å²) >= 11 is 0. The van der Waals surface area contributed by atoms with Crippen LogP contribution in [0.5, 0.6) is 0 Å². The van der Waals surface area contributed by atoms with Crippen LogP contribution in [-0.4, -0.2) is 34.9 Å². The van der Waals surface area contributed by atoms with Crippen LogP contribution in [-0.2, 0) is 0 Å². The Balaban J connectivity index is 2.29. The largest absolute Gasteiger partial charge is 0.478 e.